The van der Waals surface area contributed by atoms with Gasteiger partial charge in [0, 0.05) is 14.2 Å². The zero-order valence-electron chi connectivity index (χ0n) is 4.32. The molecule has 0 saturated heterocycles. The van der Waals surface area contributed by atoms with E-state index in [9.17, 15) is 0 Å². The van der Waals surface area contributed by atoms with E-state index in [4.69, 9.17) is 0 Å². The van der Waals surface area contributed by atoms with Gasteiger partial charge in [-0.15, -0.1) is 5.73 Å². The van der Waals surface area contributed by atoms with Gasteiger partial charge in [-0.3, -0.25) is 0 Å². The Kier molecular flexibility index (Phi) is 37.5. The molecular weight excluding hydrogens is 76.1 g/mol. The molecule has 0 N–H and O–H groups in total. The maximum atomic E-state index is 4.25. The summed E-state index contributed by atoms with van der Waals surface area (Å²) in [6, 6.07) is 0. The van der Waals surface area contributed by atoms with Gasteiger partial charge in [-0.2, -0.15) is 0 Å². The van der Waals surface area contributed by atoms with Crippen molar-refractivity contribution in [2.45, 2.75) is 0 Å². The van der Waals surface area contributed by atoms with Gasteiger partial charge in [0.15, 0.2) is 0 Å². The van der Waals surface area contributed by atoms with Crippen molar-refractivity contribution in [1.29, 1.82) is 0 Å². The molecule has 0 saturated carbocycles. The summed E-state index contributed by atoms with van der Waals surface area (Å²) >= 11 is 0. The minimum atomic E-state index is 1.62. The highest BCUT2D eigenvalue weighted by Gasteiger charge is 1.25. The summed E-state index contributed by atoms with van der Waals surface area (Å²) in [6.45, 7) is 6.25. The zero-order valence-corrected chi connectivity index (χ0v) is 4.32. The summed E-state index contributed by atoms with van der Waals surface area (Å²) in [6.07, 6.45) is 0. The number of ether oxygens (including phenoxy) is 1. The molecule has 0 aliphatic rings. The molecule has 0 spiro atoms. The zero-order chi connectivity index (χ0) is 5.41. The minimum absolute atomic E-state index is 1.62. The molecule has 0 atom stereocenters. The predicted molar refractivity (Wildman–Crippen MR) is 27.7 cm³/mol. The van der Waals surface area contributed by atoms with Crippen LogP contribution in [0, 0.1) is 0 Å². The third-order valence-electron chi connectivity index (χ3n) is 0. The van der Waals surface area contributed by atoms with E-state index in [1.165, 1.54) is 0 Å². The highest BCUT2D eigenvalue weighted by molar-refractivity contribution is 4.51. The van der Waals surface area contributed by atoms with Crippen LogP contribution in [-0.4, -0.2) is 14.2 Å². The summed E-state index contributed by atoms with van der Waals surface area (Å²) in [5, 5.41) is 0. The van der Waals surface area contributed by atoms with Crippen LogP contribution >= 0.6 is 0 Å². The van der Waals surface area contributed by atoms with Crippen molar-refractivity contribution in [2.24, 2.45) is 0 Å². The Labute approximate surface area is 38.9 Å². The Balaban J connectivity index is 0. The first-order valence-corrected chi connectivity index (χ1v) is 1.52. The van der Waals surface area contributed by atoms with Gasteiger partial charge in [0.1, 0.15) is 0 Å². The topological polar surface area (TPSA) is 9.23 Å². The van der Waals surface area contributed by atoms with Crippen LogP contribution in [0.4, 0.5) is 0 Å². The molecule has 0 unspecified atom stereocenters. The van der Waals surface area contributed by atoms with Crippen LogP contribution in [0.5, 0.6) is 0 Å². The molecule has 0 radical (unpaired) electrons. The Morgan fingerprint density at radius 3 is 1.33 bits per heavy atom. The summed E-state index contributed by atoms with van der Waals surface area (Å²) in [4.78, 5) is 0. The van der Waals surface area contributed by atoms with Crippen molar-refractivity contribution < 1.29 is 4.74 Å². The van der Waals surface area contributed by atoms with Crippen molar-refractivity contribution in [3.63, 3.8) is 0 Å². The van der Waals surface area contributed by atoms with Crippen LogP contribution in [0.1, 0.15) is 0 Å². The SMILES string of the molecule is C=C=C.COC. The third-order valence-corrected chi connectivity index (χ3v) is 0. The maximum Gasteiger partial charge on any atom is 0.0351 e. The predicted octanol–water partition coefficient (Wildman–Crippen LogP) is 1.22. The van der Waals surface area contributed by atoms with Gasteiger partial charge < -0.3 is 4.74 Å². The molecule has 0 rings (SSSR count). The lowest BCUT2D eigenvalue weighted by molar-refractivity contribution is 0.277. The van der Waals surface area contributed by atoms with Crippen LogP contribution in [-0.2, 0) is 4.74 Å². The van der Waals surface area contributed by atoms with E-state index in [2.05, 4.69) is 23.6 Å². The van der Waals surface area contributed by atoms with E-state index in [1.54, 1.807) is 14.2 Å². The Hall–Kier alpha value is -0.520. The van der Waals surface area contributed by atoms with Gasteiger partial charge in [-0.05, 0) is 0 Å². The second-order valence-corrected chi connectivity index (χ2v) is 0.658. The fourth-order valence-corrected chi connectivity index (χ4v) is 0. The van der Waals surface area contributed by atoms with Crippen molar-refractivity contribution in [2.75, 3.05) is 14.2 Å². The number of hydrogen-bond acceptors (Lipinski definition) is 1. The monoisotopic (exact) mass is 86.1 g/mol. The molecule has 0 aliphatic heterocycles. The fraction of sp³-hybridized carbons (Fsp3) is 0.400. The van der Waals surface area contributed by atoms with Crippen molar-refractivity contribution in [1.82, 2.24) is 0 Å². The molecule has 0 bridgehead atoms. The van der Waals surface area contributed by atoms with E-state index in [-0.39, 0.29) is 0 Å². The first-order valence-electron chi connectivity index (χ1n) is 1.52. The summed E-state index contributed by atoms with van der Waals surface area (Å²) in [5.74, 6) is 0. The molecule has 6 heavy (non-hydrogen) atoms. The van der Waals surface area contributed by atoms with Crippen LogP contribution in [0.25, 0.3) is 0 Å². The molecule has 1 nitrogen and oxygen atoms in total. The first kappa shape index (κ1) is 9.08. The maximum absolute atomic E-state index is 4.25. The summed E-state index contributed by atoms with van der Waals surface area (Å²) in [7, 11) is 3.25. The second kappa shape index (κ2) is 24.8. The number of rotatable bonds is 0. The molecule has 0 amide bonds. The van der Waals surface area contributed by atoms with E-state index in [1.807, 2.05) is 0 Å². The standard InChI is InChI=1S/C3H4.C2H6O/c2*1-3-2/h1-2H2;1-2H3. The molecule has 0 aromatic rings. The molecule has 0 heterocycles. The van der Waals surface area contributed by atoms with E-state index in [0.29, 0.717) is 0 Å². The largest absolute Gasteiger partial charge is 0.388 e. The second-order valence-electron chi connectivity index (χ2n) is 0.658. The molecule has 0 fully saturated rings. The van der Waals surface area contributed by atoms with E-state index < -0.39 is 0 Å². The third kappa shape index (κ3) is 79.2. The molecular formula is C5H10O. The highest BCUT2D eigenvalue weighted by atomic mass is 16.4. The lowest BCUT2D eigenvalue weighted by Crippen LogP contribution is -1.55. The Morgan fingerprint density at radius 2 is 1.33 bits per heavy atom. The van der Waals surface area contributed by atoms with Gasteiger partial charge in [-0.1, -0.05) is 13.2 Å². The lowest BCUT2D eigenvalue weighted by Gasteiger charge is -1.61. The molecule has 1 heteroatoms. The van der Waals surface area contributed by atoms with Gasteiger partial charge in [0.2, 0.25) is 0 Å². The van der Waals surface area contributed by atoms with E-state index in [0.717, 1.165) is 0 Å². The van der Waals surface area contributed by atoms with Crippen molar-refractivity contribution >= 4 is 0 Å². The van der Waals surface area contributed by atoms with Crippen LogP contribution in [0.3, 0.4) is 0 Å². The molecule has 0 aliphatic carbocycles. The fourth-order valence-electron chi connectivity index (χ4n) is 0. The molecule has 0 aromatic heterocycles. The van der Waals surface area contributed by atoms with Crippen LogP contribution in [0.2, 0.25) is 0 Å². The average Bonchev–Trinajstić information content (AvgIpc) is 1.39. The van der Waals surface area contributed by atoms with Crippen molar-refractivity contribution in [3.05, 3.63) is 18.9 Å². The Morgan fingerprint density at radius 1 is 1.33 bits per heavy atom. The smallest absolute Gasteiger partial charge is 0.0351 e. The number of methoxy groups -OCH3 is 1. The normalized spacial score (nSPS) is 4.33. The van der Waals surface area contributed by atoms with Gasteiger partial charge in [0.25, 0.3) is 0 Å². The quantitative estimate of drug-likeness (QED) is 0.403. The minimum Gasteiger partial charge on any atom is -0.388 e. The van der Waals surface area contributed by atoms with Crippen molar-refractivity contribution in [3.8, 4) is 0 Å². The van der Waals surface area contributed by atoms with E-state index >= 15 is 0 Å². The highest BCUT2D eigenvalue weighted by Crippen LogP contribution is 1.28. The average molecular weight is 86.1 g/mol. The molecule has 36 valence electrons. The van der Waals surface area contributed by atoms with Gasteiger partial charge in [-0.25, -0.2) is 0 Å². The first-order chi connectivity index (χ1) is 2.83. The van der Waals surface area contributed by atoms with Gasteiger partial charge in [0.05, 0.1) is 0 Å². The Bertz CT molecular complexity index is 33.2. The summed E-state index contributed by atoms with van der Waals surface area (Å²) in [5.41, 5.74) is 2.25. The lowest BCUT2D eigenvalue weighted by atomic mass is 11.0. The van der Waals surface area contributed by atoms with Crippen LogP contribution in [0.15, 0.2) is 18.9 Å². The number of hydrogen-bond donors (Lipinski definition) is 0. The van der Waals surface area contributed by atoms with Gasteiger partial charge >= 0.3 is 0 Å². The summed E-state index contributed by atoms with van der Waals surface area (Å²) < 4.78 is 4.25. The molecule has 0 aromatic carbocycles. The van der Waals surface area contributed by atoms with Crippen LogP contribution < -0.4 is 0 Å².